The van der Waals surface area contributed by atoms with Crippen LogP contribution in [0.4, 0.5) is 4.39 Å². The molecule has 2 heterocycles. The third-order valence-electron chi connectivity index (χ3n) is 2.69. The first kappa shape index (κ1) is 11.8. The van der Waals surface area contributed by atoms with Gasteiger partial charge in [-0.05, 0) is 6.07 Å². The number of pyridine rings is 1. The second-order valence-corrected chi connectivity index (χ2v) is 3.87. The number of halogens is 1. The van der Waals surface area contributed by atoms with Crippen LogP contribution >= 0.6 is 0 Å². The molecule has 0 aliphatic carbocycles. The SMILES string of the molecule is COc1ccnc(C(=O)N2C[C@@H](O)[C@H](F)C2)c1. The number of likely N-dealkylation sites (tertiary alicyclic amines) is 1. The lowest BCUT2D eigenvalue weighted by molar-refractivity contribution is 0.0758. The van der Waals surface area contributed by atoms with Crippen LogP contribution in [0.25, 0.3) is 0 Å². The molecule has 0 bridgehead atoms. The minimum Gasteiger partial charge on any atom is -0.497 e. The van der Waals surface area contributed by atoms with Gasteiger partial charge in [0.15, 0.2) is 0 Å². The molecule has 2 rings (SSSR count). The zero-order valence-electron chi connectivity index (χ0n) is 9.34. The minimum atomic E-state index is -1.38. The quantitative estimate of drug-likeness (QED) is 0.804. The predicted molar refractivity (Wildman–Crippen MR) is 57.6 cm³/mol. The summed E-state index contributed by atoms with van der Waals surface area (Å²) in [5.41, 5.74) is 0.186. The van der Waals surface area contributed by atoms with E-state index in [0.717, 1.165) is 0 Å². The number of carbonyl (C=O) groups excluding carboxylic acids is 1. The molecule has 17 heavy (non-hydrogen) atoms. The Bertz CT molecular complexity index is 417. The number of aliphatic hydroxyl groups is 1. The van der Waals surface area contributed by atoms with E-state index in [9.17, 15) is 14.3 Å². The summed E-state index contributed by atoms with van der Waals surface area (Å²) in [5, 5.41) is 9.25. The Morgan fingerprint density at radius 1 is 1.65 bits per heavy atom. The van der Waals surface area contributed by atoms with Gasteiger partial charge in [0.2, 0.25) is 0 Å². The van der Waals surface area contributed by atoms with Gasteiger partial charge in [-0.3, -0.25) is 9.78 Å². The minimum absolute atomic E-state index is 0.00110. The van der Waals surface area contributed by atoms with Crippen LogP contribution in [0.1, 0.15) is 10.5 Å². The summed E-state index contributed by atoms with van der Waals surface area (Å²) in [6.45, 7) is -0.0994. The van der Waals surface area contributed by atoms with Crippen LogP contribution in [0.5, 0.6) is 5.75 Å². The molecular weight excluding hydrogens is 227 g/mol. The number of carbonyl (C=O) groups is 1. The van der Waals surface area contributed by atoms with E-state index in [2.05, 4.69) is 4.98 Å². The third kappa shape index (κ3) is 2.36. The Morgan fingerprint density at radius 3 is 3.00 bits per heavy atom. The highest BCUT2D eigenvalue weighted by Crippen LogP contribution is 2.17. The lowest BCUT2D eigenvalue weighted by Crippen LogP contribution is -2.30. The van der Waals surface area contributed by atoms with Crippen molar-refractivity contribution in [2.45, 2.75) is 12.3 Å². The molecule has 1 aliphatic rings. The van der Waals surface area contributed by atoms with E-state index >= 15 is 0 Å². The van der Waals surface area contributed by atoms with E-state index in [4.69, 9.17) is 4.74 Å². The lowest BCUT2D eigenvalue weighted by Gasteiger charge is -2.14. The van der Waals surface area contributed by atoms with E-state index in [1.165, 1.54) is 24.3 Å². The van der Waals surface area contributed by atoms with Crippen molar-refractivity contribution in [2.75, 3.05) is 20.2 Å². The second kappa shape index (κ2) is 4.67. The van der Waals surface area contributed by atoms with Gasteiger partial charge in [-0.2, -0.15) is 0 Å². The summed E-state index contributed by atoms with van der Waals surface area (Å²) in [6.07, 6.45) is -1.04. The van der Waals surface area contributed by atoms with Gasteiger partial charge in [-0.1, -0.05) is 0 Å². The number of hydrogen-bond donors (Lipinski definition) is 1. The molecule has 1 saturated heterocycles. The summed E-state index contributed by atoms with van der Waals surface area (Å²) in [7, 11) is 1.49. The van der Waals surface area contributed by atoms with Gasteiger partial charge in [0.05, 0.1) is 13.7 Å². The smallest absolute Gasteiger partial charge is 0.272 e. The number of hydrogen-bond acceptors (Lipinski definition) is 4. The van der Waals surface area contributed by atoms with Gasteiger partial charge >= 0.3 is 0 Å². The van der Waals surface area contributed by atoms with Crippen molar-refractivity contribution >= 4 is 5.91 Å². The number of amides is 1. The number of β-amino-alcohol motifs (C(OH)–C–C–N with tert-alkyl or cyclic N) is 1. The lowest BCUT2D eigenvalue weighted by atomic mass is 10.3. The van der Waals surface area contributed by atoms with Crippen molar-refractivity contribution in [2.24, 2.45) is 0 Å². The van der Waals surface area contributed by atoms with E-state index < -0.39 is 18.2 Å². The number of alkyl halides is 1. The molecule has 0 radical (unpaired) electrons. The summed E-state index contributed by atoms with van der Waals surface area (Å²) < 4.78 is 18.1. The maximum atomic E-state index is 13.1. The molecule has 6 heteroatoms. The van der Waals surface area contributed by atoms with Gasteiger partial charge in [0.1, 0.15) is 23.7 Å². The Labute approximate surface area is 97.8 Å². The van der Waals surface area contributed by atoms with E-state index in [0.29, 0.717) is 5.75 Å². The predicted octanol–water partition coefficient (Wildman–Crippen LogP) is 0.245. The number of aromatic nitrogens is 1. The molecule has 5 nitrogen and oxygen atoms in total. The first-order valence-electron chi connectivity index (χ1n) is 5.23. The molecule has 1 aromatic rings. The Morgan fingerprint density at radius 2 is 2.41 bits per heavy atom. The number of nitrogens with zero attached hydrogens (tertiary/aromatic N) is 2. The fourth-order valence-corrected chi connectivity index (χ4v) is 1.73. The molecule has 2 atom stereocenters. The molecular formula is C11H13FN2O3. The molecule has 92 valence electrons. The highest BCUT2D eigenvalue weighted by atomic mass is 19.1. The summed E-state index contributed by atoms with van der Waals surface area (Å²) in [6, 6.07) is 3.10. The van der Waals surface area contributed by atoms with Gasteiger partial charge in [0.25, 0.3) is 5.91 Å². The fourth-order valence-electron chi connectivity index (χ4n) is 1.73. The number of ether oxygens (including phenoxy) is 1. The van der Waals surface area contributed by atoms with E-state index in [1.807, 2.05) is 0 Å². The highest BCUT2D eigenvalue weighted by molar-refractivity contribution is 5.92. The highest BCUT2D eigenvalue weighted by Gasteiger charge is 2.34. The van der Waals surface area contributed by atoms with E-state index in [1.54, 1.807) is 6.07 Å². The standard InChI is InChI=1S/C11H13FN2O3/c1-17-7-2-3-13-9(4-7)11(16)14-5-8(12)10(15)6-14/h2-4,8,10,15H,5-6H2,1H3/t8-,10-/m1/s1. The van der Waals surface area contributed by atoms with Gasteiger partial charge < -0.3 is 14.7 Å². The number of rotatable bonds is 2. The van der Waals surface area contributed by atoms with Gasteiger partial charge in [-0.25, -0.2) is 4.39 Å². The fraction of sp³-hybridized carbons (Fsp3) is 0.455. The number of aliphatic hydroxyl groups excluding tert-OH is 1. The third-order valence-corrected chi connectivity index (χ3v) is 2.69. The van der Waals surface area contributed by atoms with Crippen LogP contribution in [-0.2, 0) is 0 Å². The largest absolute Gasteiger partial charge is 0.497 e. The van der Waals surface area contributed by atoms with Crippen LogP contribution < -0.4 is 4.74 Å². The first-order chi connectivity index (χ1) is 8.11. The summed E-state index contributed by atoms with van der Waals surface area (Å²) in [5.74, 6) is 0.114. The van der Waals surface area contributed by atoms with Crippen LogP contribution in [0.15, 0.2) is 18.3 Å². The zero-order valence-corrected chi connectivity index (χ0v) is 9.34. The molecule has 1 amide bonds. The maximum Gasteiger partial charge on any atom is 0.272 e. The van der Waals surface area contributed by atoms with Crippen molar-refractivity contribution in [1.82, 2.24) is 9.88 Å². The molecule has 0 spiro atoms. The van der Waals surface area contributed by atoms with Gasteiger partial charge in [-0.15, -0.1) is 0 Å². The summed E-state index contributed by atoms with van der Waals surface area (Å²) in [4.78, 5) is 17.1. The van der Waals surface area contributed by atoms with Crippen LogP contribution in [0.3, 0.4) is 0 Å². The Hall–Kier alpha value is -1.69. The van der Waals surface area contributed by atoms with E-state index in [-0.39, 0.29) is 18.8 Å². The second-order valence-electron chi connectivity index (χ2n) is 3.87. The molecule has 0 saturated carbocycles. The van der Waals surface area contributed by atoms with Crippen LogP contribution in [0.2, 0.25) is 0 Å². The Kier molecular flexibility index (Phi) is 3.23. The molecule has 1 fully saturated rings. The van der Waals surface area contributed by atoms with Crippen LogP contribution in [0, 0.1) is 0 Å². The van der Waals surface area contributed by atoms with Crippen molar-refractivity contribution in [1.29, 1.82) is 0 Å². The number of methoxy groups -OCH3 is 1. The average molecular weight is 240 g/mol. The van der Waals surface area contributed by atoms with Crippen molar-refractivity contribution in [3.8, 4) is 5.75 Å². The molecule has 0 unspecified atom stereocenters. The zero-order chi connectivity index (χ0) is 12.4. The van der Waals surface area contributed by atoms with Crippen molar-refractivity contribution < 1.29 is 19.0 Å². The van der Waals surface area contributed by atoms with Gasteiger partial charge in [0, 0.05) is 18.8 Å². The Balaban J connectivity index is 2.14. The molecule has 1 N–H and O–H groups in total. The maximum absolute atomic E-state index is 13.1. The monoisotopic (exact) mass is 240 g/mol. The van der Waals surface area contributed by atoms with Crippen LogP contribution in [-0.4, -0.2) is 53.4 Å². The first-order valence-corrected chi connectivity index (χ1v) is 5.23. The van der Waals surface area contributed by atoms with Crippen molar-refractivity contribution in [3.05, 3.63) is 24.0 Å². The summed E-state index contributed by atoms with van der Waals surface area (Å²) >= 11 is 0. The topological polar surface area (TPSA) is 62.7 Å². The molecule has 0 aromatic carbocycles. The molecule has 1 aromatic heterocycles. The van der Waals surface area contributed by atoms with Crippen molar-refractivity contribution in [3.63, 3.8) is 0 Å². The average Bonchev–Trinajstić information content (AvgIpc) is 2.69. The molecule has 1 aliphatic heterocycles. The normalized spacial score (nSPS) is 23.8.